The summed E-state index contributed by atoms with van der Waals surface area (Å²) >= 11 is 0. The summed E-state index contributed by atoms with van der Waals surface area (Å²) in [5.41, 5.74) is 1.50. The largest absolute Gasteiger partial charge is 0.454 e. The molecule has 2 aromatic rings. The first-order valence-corrected chi connectivity index (χ1v) is 9.92. The second-order valence-corrected chi connectivity index (χ2v) is 7.15. The van der Waals surface area contributed by atoms with Gasteiger partial charge in [0, 0.05) is 23.4 Å². The molecule has 0 atom stereocenters. The van der Waals surface area contributed by atoms with Crippen LogP contribution in [0, 0.1) is 5.92 Å². The van der Waals surface area contributed by atoms with E-state index in [9.17, 15) is 19.2 Å². The lowest BCUT2D eigenvalue weighted by atomic mass is 10.1. The van der Waals surface area contributed by atoms with Crippen molar-refractivity contribution in [2.24, 2.45) is 5.92 Å². The van der Waals surface area contributed by atoms with E-state index in [2.05, 4.69) is 10.6 Å². The molecule has 0 bridgehead atoms. The van der Waals surface area contributed by atoms with Gasteiger partial charge in [-0.1, -0.05) is 19.9 Å². The number of ether oxygens (including phenoxy) is 2. The summed E-state index contributed by atoms with van der Waals surface area (Å²) in [4.78, 5) is 47.8. The molecule has 2 aromatic carbocycles. The fraction of sp³-hybridized carbons (Fsp3) is 0.304. The Morgan fingerprint density at radius 2 is 1.58 bits per heavy atom. The monoisotopic (exact) mass is 426 g/mol. The normalized spacial score (nSPS) is 10.3. The quantitative estimate of drug-likeness (QED) is 0.457. The molecule has 31 heavy (non-hydrogen) atoms. The predicted octanol–water partition coefficient (Wildman–Crippen LogP) is 4.28. The Labute approximate surface area is 180 Å². The van der Waals surface area contributed by atoms with Crippen molar-refractivity contribution in [3.63, 3.8) is 0 Å². The minimum absolute atomic E-state index is 0.0947. The first-order chi connectivity index (χ1) is 14.8. The highest BCUT2D eigenvalue weighted by Crippen LogP contribution is 2.14. The maximum atomic E-state index is 12.3. The lowest BCUT2D eigenvalue weighted by molar-refractivity contribution is -0.116. The van der Waals surface area contributed by atoms with Crippen LogP contribution in [0.3, 0.4) is 0 Å². The third-order valence-corrected chi connectivity index (χ3v) is 4.04. The molecule has 8 heteroatoms. The van der Waals surface area contributed by atoms with Crippen LogP contribution < -0.4 is 10.6 Å². The highest BCUT2D eigenvalue weighted by atomic mass is 16.5. The molecule has 0 spiro atoms. The number of esters is 1. The van der Waals surface area contributed by atoms with Gasteiger partial charge in [-0.3, -0.25) is 14.9 Å². The van der Waals surface area contributed by atoms with Gasteiger partial charge in [-0.05, 0) is 55.3 Å². The first kappa shape index (κ1) is 23.6. The third kappa shape index (κ3) is 7.93. The number of anilines is 2. The maximum absolute atomic E-state index is 12.3. The van der Waals surface area contributed by atoms with Crippen LogP contribution >= 0.6 is 0 Å². The van der Waals surface area contributed by atoms with Crippen LogP contribution in [0.15, 0.2) is 48.5 Å². The summed E-state index contributed by atoms with van der Waals surface area (Å²) in [6.07, 6.45) is -0.223. The van der Waals surface area contributed by atoms with E-state index in [0.29, 0.717) is 23.4 Å². The van der Waals surface area contributed by atoms with E-state index in [1.165, 1.54) is 12.1 Å². The van der Waals surface area contributed by atoms with Crippen molar-refractivity contribution in [1.29, 1.82) is 0 Å². The van der Waals surface area contributed by atoms with Crippen molar-refractivity contribution in [3.8, 4) is 0 Å². The molecule has 2 N–H and O–H groups in total. The van der Waals surface area contributed by atoms with Crippen molar-refractivity contribution in [1.82, 2.24) is 0 Å². The fourth-order valence-corrected chi connectivity index (χ4v) is 2.63. The third-order valence-electron chi connectivity index (χ3n) is 4.04. The van der Waals surface area contributed by atoms with Crippen LogP contribution in [0.2, 0.25) is 0 Å². The average Bonchev–Trinajstić information content (AvgIpc) is 2.72. The van der Waals surface area contributed by atoms with Gasteiger partial charge in [0.2, 0.25) is 5.91 Å². The van der Waals surface area contributed by atoms with Crippen LogP contribution in [0.5, 0.6) is 0 Å². The SMILES string of the molecule is CCOC(=O)Nc1cccc(C(=O)OCC(=O)c2ccc(NC(=O)CC(C)C)cc2)c1. The highest BCUT2D eigenvalue weighted by molar-refractivity contribution is 6.00. The number of Topliss-reactive ketones (excluding diaryl/α,β-unsaturated/α-hetero) is 1. The standard InChI is InChI=1S/C23H26N2O6/c1-4-30-23(29)25-19-7-5-6-17(13-19)22(28)31-14-20(26)16-8-10-18(11-9-16)24-21(27)12-15(2)3/h5-11,13,15H,4,12,14H2,1-3H3,(H,24,27)(H,25,29). The van der Waals surface area contributed by atoms with E-state index in [1.807, 2.05) is 13.8 Å². The number of carbonyl (C=O) groups excluding carboxylic acids is 4. The Morgan fingerprint density at radius 3 is 2.23 bits per heavy atom. The zero-order valence-corrected chi connectivity index (χ0v) is 17.8. The van der Waals surface area contributed by atoms with Crippen LogP contribution in [0.25, 0.3) is 0 Å². The van der Waals surface area contributed by atoms with Gasteiger partial charge in [0.05, 0.1) is 12.2 Å². The molecule has 0 aromatic heterocycles. The van der Waals surface area contributed by atoms with E-state index in [4.69, 9.17) is 9.47 Å². The molecule has 2 rings (SSSR count). The summed E-state index contributed by atoms with van der Waals surface area (Å²) in [6, 6.07) is 12.5. The molecule has 164 valence electrons. The van der Waals surface area contributed by atoms with Gasteiger partial charge in [0.25, 0.3) is 0 Å². The second kappa shape index (κ2) is 11.5. The van der Waals surface area contributed by atoms with Gasteiger partial charge in [-0.15, -0.1) is 0 Å². The molecular weight excluding hydrogens is 400 g/mol. The number of rotatable bonds is 9. The highest BCUT2D eigenvalue weighted by Gasteiger charge is 2.13. The van der Waals surface area contributed by atoms with Crippen molar-refractivity contribution in [3.05, 3.63) is 59.7 Å². The van der Waals surface area contributed by atoms with E-state index in [0.717, 1.165) is 0 Å². The second-order valence-electron chi connectivity index (χ2n) is 7.15. The zero-order chi connectivity index (χ0) is 22.8. The molecule has 0 saturated heterocycles. The van der Waals surface area contributed by atoms with Gasteiger partial charge >= 0.3 is 12.1 Å². The van der Waals surface area contributed by atoms with E-state index >= 15 is 0 Å². The number of hydrogen-bond donors (Lipinski definition) is 2. The summed E-state index contributed by atoms with van der Waals surface area (Å²) < 4.78 is 9.87. The minimum Gasteiger partial charge on any atom is -0.454 e. The molecule has 2 amide bonds. The van der Waals surface area contributed by atoms with E-state index in [1.54, 1.807) is 43.3 Å². The number of ketones is 1. The molecule has 0 saturated carbocycles. The van der Waals surface area contributed by atoms with Crippen LogP contribution in [0.1, 0.15) is 47.9 Å². The molecule has 0 unspecified atom stereocenters. The lowest BCUT2D eigenvalue weighted by Gasteiger charge is -2.09. The molecular formula is C23H26N2O6. The van der Waals surface area contributed by atoms with Gasteiger partial charge in [0.15, 0.2) is 12.4 Å². The molecule has 0 fully saturated rings. The van der Waals surface area contributed by atoms with Crippen LogP contribution in [-0.4, -0.2) is 37.0 Å². The smallest absolute Gasteiger partial charge is 0.411 e. The van der Waals surface area contributed by atoms with E-state index < -0.39 is 18.7 Å². The first-order valence-electron chi connectivity index (χ1n) is 9.92. The Kier molecular flexibility index (Phi) is 8.75. The maximum Gasteiger partial charge on any atom is 0.411 e. The van der Waals surface area contributed by atoms with Crippen molar-refractivity contribution in [2.75, 3.05) is 23.8 Å². The zero-order valence-electron chi connectivity index (χ0n) is 17.8. The molecule has 0 aliphatic rings. The number of hydrogen-bond acceptors (Lipinski definition) is 6. The lowest BCUT2D eigenvalue weighted by Crippen LogP contribution is -2.16. The minimum atomic E-state index is -0.696. The number of amides is 2. The predicted molar refractivity (Wildman–Crippen MR) is 116 cm³/mol. The summed E-state index contributed by atoms with van der Waals surface area (Å²) in [6.45, 7) is 5.38. The Balaban J connectivity index is 1.90. The topological polar surface area (TPSA) is 111 Å². The molecule has 0 aliphatic heterocycles. The summed E-state index contributed by atoms with van der Waals surface area (Å²) in [7, 11) is 0. The Hall–Kier alpha value is -3.68. The van der Waals surface area contributed by atoms with Crippen LogP contribution in [-0.2, 0) is 14.3 Å². The Bertz CT molecular complexity index is 937. The fourth-order valence-electron chi connectivity index (χ4n) is 2.63. The Morgan fingerprint density at radius 1 is 0.871 bits per heavy atom. The summed E-state index contributed by atoms with van der Waals surface area (Å²) in [5.74, 6) is -0.924. The van der Waals surface area contributed by atoms with Gasteiger partial charge < -0.3 is 14.8 Å². The van der Waals surface area contributed by atoms with Gasteiger partial charge in [-0.2, -0.15) is 0 Å². The van der Waals surface area contributed by atoms with Gasteiger partial charge in [0.1, 0.15) is 0 Å². The average molecular weight is 426 g/mol. The molecule has 8 nitrogen and oxygen atoms in total. The van der Waals surface area contributed by atoms with Crippen LogP contribution in [0.4, 0.5) is 16.2 Å². The van der Waals surface area contributed by atoms with Gasteiger partial charge in [-0.25, -0.2) is 9.59 Å². The van der Waals surface area contributed by atoms with Crippen molar-refractivity contribution < 1.29 is 28.7 Å². The number of nitrogens with one attached hydrogen (secondary N) is 2. The van der Waals surface area contributed by atoms with Crippen molar-refractivity contribution >= 4 is 35.1 Å². The van der Waals surface area contributed by atoms with Crippen molar-refractivity contribution in [2.45, 2.75) is 27.2 Å². The summed E-state index contributed by atoms with van der Waals surface area (Å²) in [5, 5.41) is 5.26. The number of benzene rings is 2. The molecule has 0 aliphatic carbocycles. The molecule has 0 heterocycles. The molecule has 0 radical (unpaired) electrons. The number of carbonyl (C=O) groups is 4. The van der Waals surface area contributed by atoms with E-state index in [-0.39, 0.29) is 29.8 Å².